The van der Waals surface area contributed by atoms with Gasteiger partial charge in [-0.05, 0) is 38.0 Å². The Hall–Kier alpha value is -1.22. The van der Waals surface area contributed by atoms with Crippen molar-refractivity contribution in [3.63, 3.8) is 0 Å². The molecule has 0 amide bonds. The number of carboxylic acid groups (broad SMARTS) is 1. The maximum absolute atomic E-state index is 11.9. The van der Waals surface area contributed by atoms with Gasteiger partial charge in [0.2, 0.25) is 12.1 Å². The second-order valence-corrected chi connectivity index (χ2v) is 8.33. The quantitative estimate of drug-likeness (QED) is 0.458. The van der Waals surface area contributed by atoms with Crippen LogP contribution in [0.25, 0.3) is 0 Å². The Morgan fingerprint density at radius 3 is 2.65 bits per heavy atom. The summed E-state index contributed by atoms with van der Waals surface area (Å²) in [5, 5.41) is 8.79. The van der Waals surface area contributed by atoms with Gasteiger partial charge >= 0.3 is 11.9 Å². The van der Waals surface area contributed by atoms with Gasteiger partial charge in [-0.2, -0.15) is 0 Å². The molecular weight excluding hydrogens is 344 g/mol. The summed E-state index contributed by atoms with van der Waals surface area (Å²) in [5.41, 5.74) is -0.719. The number of carboxylic acids is 1. The highest BCUT2D eigenvalue weighted by molar-refractivity contribution is 5.90. The summed E-state index contributed by atoms with van der Waals surface area (Å²) in [6.07, 6.45) is 1.30. The van der Waals surface area contributed by atoms with E-state index in [0.717, 1.165) is 19.3 Å². The van der Waals surface area contributed by atoms with Crippen molar-refractivity contribution in [2.75, 3.05) is 0 Å². The minimum atomic E-state index is -1.23. The molecule has 5 unspecified atom stereocenters. The third-order valence-electron chi connectivity index (χ3n) is 6.64. The third-order valence-corrected chi connectivity index (χ3v) is 6.64. The van der Waals surface area contributed by atoms with E-state index in [-0.39, 0.29) is 17.8 Å². The fourth-order valence-electron chi connectivity index (χ4n) is 5.30. The van der Waals surface area contributed by atoms with Gasteiger partial charge < -0.3 is 19.3 Å². The molecule has 26 heavy (non-hydrogen) atoms. The zero-order valence-corrected chi connectivity index (χ0v) is 15.3. The van der Waals surface area contributed by atoms with Crippen molar-refractivity contribution in [3.8, 4) is 0 Å². The molecule has 1 aliphatic carbocycles. The zero-order chi connectivity index (χ0) is 18.7. The predicted molar refractivity (Wildman–Crippen MR) is 85.2 cm³/mol. The van der Waals surface area contributed by atoms with Gasteiger partial charge in [-0.15, -0.1) is 0 Å². The molecule has 8 nitrogen and oxygen atoms in total. The van der Waals surface area contributed by atoms with E-state index in [4.69, 9.17) is 29.1 Å². The lowest BCUT2D eigenvalue weighted by Crippen LogP contribution is -2.70. The van der Waals surface area contributed by atoms with Crippen LogP contribution >= 0.6 is 0 Å². The van der Waals surface area contributed by atoms with Crippen molar-refractivity contribution in [2.24, 2.45) is 23.7 Å². The third kappa shape index (κ3) is 2.66. The number of esters is 1. The standard InChI is InChI=1S/C18H26O8/c1-9-4-5-12-10(2)15(22-14(21)8-13(19)20)23-16-18(12)11(9)6-7-17(3,24-16)25-26-18/h9-12,15-16H,4-8H2,1-3H3,(H,19,20)/t9-,10-,11?,12?,15?,16?,17?,18-/m1/s1. The summed E-state index contributed by atoms with van der Waals surface area (Å²) in [6.45, 7) is 5.99. The molecule has 8 heteroatoms. The smallest absolute Gasteiger partial charge is 0.319 e. The number of aliphatic carboxylic acids is 1. The van der Waals surface area contributed by atoms with Crippen LogP contribution in [0.5, 0.6) is 0 Å². The highest BCUT2D eigenvalue weighted by atomic mass is 17.3. The van der Waals surface area contributed by atoms with Crippen molar-refractivity contribution >= 4 is 11.9 Å². The van der Waals surface area contributed by atoms with Crippen LogP contribution in [0.3, 0.4) is 0 Å². The van der Waals surface area contributed by atoms with E-state index < -0.39 is 42.3 Å². The molecule has 0 radical (unpaired) electrons. The van der Waals surface area contributed by atoms with Gasteiger partial charge in [0.25, 0.3) is 0 Å². The highest BCUT2D eigenvalue weighted by Crippen LogP contribution is 2.60. The first-order valence-corrected chi connectivity index (χ1v) is 9.36. The molecule has 1 spiro atoms. The van der Waals surface area contributed by atoms with Crippen LogP contribution in [-0.2, 0) is 33.6 Å². The van der Waals surface area contributed by atoms with Crippen LogP contribution in [0, 0.1) is 23.7 Å². The Labute approximate surface area is 152 Å². The first-order valence-electron chi connectivity index (χ1n) is 9.36. The average molecular weight is 370 g/mol. The Morgan fingerprint density at radius 1 is 1.15 bits per heavy atom. The molecule has 5 aliphatic rings. The number of hydrogen-bond acceptors (Lipinski definition) is 7. The van der Waals surface area contributed by atoms with Gasteiger partial charge in [-0.25, -0.2) is 9.78 Å². The zero-order valence-electron chi connectivity index (χ0n) is 15.3. The molecule has 4 saturated heterocycles. The van der Waals surface area contributed by atoms with Gasteiger partial charge in [-0.1, -0.05) is 13.8 Å². The van der Waals surface area contributed by atoms with Gasteiger partial charge in [0.15, 0.2) is 11.9 Å². The lowest BCUT2D eigenvalue weighted by molar-refractivity contribution is -0.576. The fraction of sp³-hybridized carbons (Fsp3) is 0.889. The van der Waals surface area contributed by atoms with Crippen LogP contribution in [0.2, 0.25) is 0 Å². The molecular formula is C18H26O8. The van der Waals surface area contributed by atoms with Crippen LogP contribution < -0.4 is 0 Å². The van der Waals surface area contributed by atoms with Gasteiger partial charge in [0.05, 0.1) is 0 Å². The number of carbonyl (C=O) groups is 2. The van der Waals surface area contributed by atoms with Crippen molar-refractivity contribution in [1.82, 2.24) is 0 Å². The summed E-state index contributed by atoms with van der Waals surface area (Å²) in [6, 6.07) is 0. The number of ether oxygens (including phenoxy) is 3. The molecule has 1 N–H and O–H groups in total. The Balaban J connectivity index is 1.64. The van der Waals surface area contributed by atoms with Crippen LogP contribution in [0.15, 0.2) is 0 Å². The van der Waals surface area contributed by atoms with E-state index in [1.54, 1.807) is 0 Å². The molecule has 4 aliphatic heterocycles. The van der Waals surface area contributed by atoms with Crippen molar-refractivity contribution in [3.05, 3.63) is 0 Å². The van der Waals surface area contributed by atoms with E-state index in [1.165, 1.54) is 0 Å². The van der Waals surface area contributed by atoms with Gasteiger partial charge in [-0.3, -0.25) is 9.59 Å². The van der Waals surface area contributed by atoms with Crippen LogP contribution in [-0.4, -0.2) is 41.0 Å². The second-order valence-electron chi connectivity index (χ2n) is 8.33. The first-order chi connectivity index (χ1) is 12.2. The minimum absolute atomic E-state index is 0.0349. The Bertz CT molecular complexity index is 608. The maximum Gasteiger partial charge on any atom is 0.319 e. The lowest BCUT2D eigenvalue weighted by atomic mass is 9.58. The molecule has 5 fully saturated rings. The minimum Gasteiger partial charge on any atom is -0.481 e. The summed E-state index contributed by atoms with van der Waals surface area (Å²) in [5.74, 6) is -2.38. The fourth-order valence-corrected chi connectivity index (χ4v) is 5.30. The highest BCUT2D eigenvalue weighted by Gasteiger charge is 2.69. The van der Waals surface area contributed by atoms with E-state index in [2.05, 4.69) is 6.92 Å². The maximum atomic E-state index is 11.9. The monoisotopic (exact) mass is 370 g/mol. The van der Waals surface area contributed by atoms with Crippen molar-refractivity contribution in [2.45, 2.75) is 76.8 Å². The van der Waals surface area contributed by atoms with Crippen molar-refractivity contribution in [1.29, 1.82) is 0 Å². The molecule has 1 saturated carbocycles. The molecule has 8 atom stereocenters. The molecule has 5 rings (SSSR count). The molecule has 0 aromatic heterocycles. The van der Waals surface area contributed by atoms with E-state index >= 15 is 0 Å². The van der Waals surface area contributed by atoms with E-state index in [9.17, 15) is 9.59 Å². The second kappa shape index (κ2) is 6.15. The molecule has 4 heterocycles. The Kier molecular flexibility index (Phi) is 4.30. The summed E-state index contributed by atoms with van der Waals surface area (Å²) >= 11 is 0. The number of fused-ring (bicyclic) bond motifs is 2. The predicted octanol–water partition coefficient (Wildman–Crippen LogP) is 2.21. The van der Waals surface area contributed by atoms with Gasteiger partial charge in [0, 0.05) is 18.3 Å². The first kappa shape index (κ1) is 18.2. The van der Waals surface area contributed by atoms with Crippen LogP contribution in [0.1, 0.15) is 52.9 Å². The molecule has 0 aromatic rings. The Morgan fingerprint density at radius 2 is 1.92 bits per heavy atom. The largest absolute Gasteiger partial charge is 0.481 e. The molecule has 146 valence electrons. The number of hydrogen-bond donors (Lipinski definition) is 1. The molecule has 2 bridgehead atoms. The van der Waals surface area contributed by atoms with Crippen LogP contribution in [0.4, 0.5) is 0 Å². The summed E-state index contributed by atoms with van der Waals surface area (Å²) < 4.78 is 17.5. The van der Waals surface area contributed by atoms with Crippen molar-refractivity contribution < 1.29 is 38.7 Å². The summed E-state index contributed by atoms with van der Waals surface area (Å²) in [4.78, 5) is 34.3. The van der Waals surface area contributed by atoms with E-state index in [1.807, 2.05) is 13.8 Å². The average Bonchev–Trinajstić information content (AvgIpc) is 2.78. The molecule has 0 aromatic carbocycles. The lowest BCUT2D eigenvalue weighted by Gasteiger charge is -2.59. The number of carbonyl (C=O) groups excluding carboxylic acids is 1. The summed E-state index contributed by atoms with van der Waals surface area (Å²) in [7, 11) is 0. The number of rotatable bonds is 3. The normalized spacial score (nSPS) is 49.8. The van der Waals surface area contributed by atoms with E-state index in [0.29, 0.717) is 12.3 Å². The topological polar surface area (TPSA) is 101 Å². The SMILES string of the molecule is C[C@H]1C(OC(=O)CC(=O)O)OC2OC3(C)CCC4[C@H](C)CCC1[C@@]24OO3. The van der Waals surface area contributed by atoms with Gasteiger partial charge in [0.1, 0.15) is 6.42 Å².